The summed E-state index contributed by atoms with van der Waals surface area (Å²) in [6, 6.07) is 4.82. The molecule has 0 aromatic heterocycles. The van der Waals surface area contributed by atoms with Crippen LogP contribution in [0.5, 0.6) is 0 Å². The van der Waals surface area contributed by atoms with Crippen LogP contribution in [0.1, 0.15) is 32.4 Å². The Kier molecular flexibility index (Phi) is 5.56. The molecule has 4 heteroatoms. The molecule has 0 unspecified atom stereocenters. The van der Waals surface area contributed by atoms with Gasteiger partial charge in [-0.15, -0.1) is 0 Å². The molecular weight excluding hydrogens is 233 g/mol. The van der Waals surface area contributed by atoms with Gasteiger partial charge in [-0.3, -0.25) is 0 Å². The molecule has 1 atom stereocenters. The molecule has 0 radical (unpaired) electrons. The third-order valence-corrected chi connectivity index (χ3v) is 2.74. The van der Waals surface area contributed by atoms with E-state index in [4.69, 9.17) is 4.74 Å². The quantitative estimate of drug-likeness (QED) is 0.848. The highest BCUT2D eigenvalue weighted by molar-refractivity contribution is 5.54. The zero-order valence-corrected chi connectivity index (χ0v) is 11.5. The van der Waals surface area contributed by atoms with Gasteiger partial charge in [-0.05, 0) is 32.9 Å². The standard InChI is InChI=1S/C14H22FNO2/c1-10(2)18-9-8-16(4)13-7-5-6-12(15)14(13)11(3)17/h5-7,10-11,17H,8-9H2,1-4H3/t11-/m0/s1. The van der Waals surface area contributed by atoms with Crippen molar-refractivity contribution in [3.63, 3.8) is 0 Å². The predicted octanol–water partition coefficient (Wildman–Crippen LogP) is 2.74. The summed E-state index contributed by atoms with van der Waals surface area (Å²) in [5.74, 6) is -0.376. The van der Waals surface area contributed by atoms with Crippen LogP contribution in [0.4, 0.5) is 10.1 Å². The number of anilines is 1. The van der Waals surface area contributed by atoms with Crippen LogP contribution < -0.4 is 4.90 Å². The molecular formula is C14H22FNO2. The van der Waals surface area contributed by atoms with Crippen molar-refractivity contribution >= 4 is 5.69 Å². The number of benzene rings is 1. The summed E-state index contributed by atoms with van der Waals surface area (Å²) in [5.41, 5.74) is 1.04. The molecule has 0 saturated carbocycles. The molecule has 0 saturated heterocycles. The summed E-state index contributed by atoms with van der Waals surface area (Å²) >= 11 is 0. The maximum Gasteiger partial charge on any atom is 0.131 e. The van der Waals surface area contributed by atoms with Gasteiger partial charge in [-0.2, -0.15) is 0 Å². The fourth-order valence-corrected chi connectivity index (χ4v) is 1.82. The van der Waals surface area contributed by atoms with Gasteiger partial charge < -0.3 is 14.7 Å². The summed E-state index contributed by atoms with van der Waals surface area (Å²) in [6.07, 6.45) is -0.642. The number of aliphatic hydroxyl groups excluding tert-OH is 1. The number of rotatable bonds is 6. The Balaban J connectivity index is 2.78. The fraction of sp³-hybridized carbons (Fsp3) is 0.571. The predicted molar refractivity (Wildman–Crippen MR) is 71.4 cm³/mol. The molecule has 0 aliphatic heterocycles. The molecule has 1 rings (SSSR count). The largest absolute Gasteiger partial charge is 0.389 e. The molecule has 1 N–H and O–H groups in total. The molecule has 0 aliphatic carbocycles. The molecule has 102 valence electrons. The van der Waals surface area contributed by atoms with Crippen molar-refractivity contribution in [3.8, 4) is 0 Å². The lowest BCUT2D eigenvalue weighted by Gasteiger charge is -2.24. The van der Waals surface area contributed by atoms with Gasteiger partial charge in [0.25, 0.3) is 0 Å². The van der Waals surface area contributed by atoms with Gasteiger partial charge in [0, 0.05) is 24.8 Å². The Morgan fingerprint density at radius 1 is 1.33 bits per heavy atom. The van der Waals surface area contributed by atoms with Crippen LogP contribution in [0, 0.1) is 5.82 Å². The highest BCUT2D eigenvalue weighted by atomic mass is 19.1. The molecule has 1 aromatic carbocycles. The van der Waals surface area contributed by atoms with Gasteiger partial charge in [0.2, 0.25) is 0 Å². The molecule has 1 aromatic rings. The maximum atomic E-state index is 13.7. The Labute approximate surface area is 108 Å². The van der Waals surface area contributed by atoms with Crippen molar-refractivity contribution in [2.75, 3.05) is 25.1 Å². The van der Waals surface area contributed by atoms with E-state index in [0.717, 1.165) is 0 Å². The van der Waals surface area contributed by atoms with E-state index in [1.807, 2.05) is 25.8 Å². The molecule has 3 nitrogen and oxygen atoms in total. The Morgan fingerprint density at radius 2 is 2.00 bits per heavy atom. The Hall–Kier alpha value is -1.13. The fourth-order valence-electron chi connectivity index (χ4n) is 1.82. The average molecular weight is 255 g/mol. The Morgan fingerprint density at radius 3 is 2.56 bits per heavy atom. The van der Waals surface area contributed by atoms with Crippen LogP contribution in [0.15, 0.2) is 18.2 Å². The highest BCUT2D eigenvalue weighted by Gasteiger charge is 2.16. The number of nitrogens with zero attached hydrogens (tertiary/aromatic N) is 1. The van der Waals surface area contributed by atoms with Crippen LogP contribution >= 0.6 is 0 Å². The van der Waals surface area contributed by atoms with Crippen LogP contribution in [0.3, 0.4) is 0 Å². The molecule has 0 heterocycles. The van der Waals surface area contributed by atoms with Crippen molar-refractivity contribution in [1.82, 2.24) is 0 Å². The van der Waals surface area contributed by atoms with Crippen LogP contribution in [0.2, 0.25) is 0 Å². The first-order valence-electron chi connectivity index (χ1n) is 6.22. The third-order valence-electron chi connectivity index (χ3n) is 2.74. The van der Waals surface area contributed by atoms with E-state index in [1.165, 1.54) is 6.07 Å². The number of likely N-dealkylation sites (N-methyl/N-ethyl adjacent to an activating group) is 1. The highest BCUT2D eigenvalue weighted by Crippen LogP contribution is 2.28. The van der Waals surface area contributed by atoms with Crippen LogP contribution in [0.25, 0.3) is 0 Å². The van der Waals surface area contributed by atoms with Gasteiger partial charge >= 0.3 is 0 Å². The van der Waals surface area contributed by atoms with Crippen molar-refractivity contribution in [2.45, 2.75) is 33.0 Å². The van der Waals surface area contributed by atoms with Crippen molar-refractivity contribution in [2.24, 2.45) is 0 Å². The SMILES string of the molecule is CC(C)OCCN(C)c1cccc(F)c1[C@H](C)O. The van der Waals surface area contributed by atoms with E-state index in [0.29, 0.717) is 24.4 Å². The van der Waals surface area contributed by atoms with Crippen LogP contribution in [-0.2, 0) is 4.74 Å². The van der Waals surface area contributed by atoms with E-state index in [1.54, 1.807) is 19.1 Å². The monoisotopic (exact) mass is 255 g/mol. The smallest absolute Gasteiger partial charge is 0.131 e. The van der Waals surface area contributed by atoms with Crippen LogP contribution in [-0.4, -0.2) is 31.4 Å². The summed E-state index contributed by atoms with van der Waals surface area (Å²) in [4.78, 5) is 1.90. The number of halogens is 1. The second-order valence-electron chi connectivity index (χ2n) is 4.69. The lowest BCUT2D eigenvalue weighted by Crippen LogP contribution is -2.25. The minimum absolute atomic E-state index is 0.183. The maximum absolute atomic E-state index is 13.7. The Bertz CT molecular complexity index is 380. The van der Waals surface area contributed by atoms with E-state index >= 15 is 0 Å². The zero-order chi connectivity index (χ0) is 13.7. The minimum atomic E-state index is -0.824. The zero-order valence-electron chi connectivity index (χ0n) is 11.5. The van der Waals surface area contributed by atoms with E-state index in [9.17, 15) is 9.50 Å². The molecule has 0 aliphatic rings. The number of hydrogen-bond donors (Lipinski definition) is 1. The summed E-state index contributed by atoms with van der Waals surface area (Å²) in [5, 5.41) is 9.65. The van der Waals surface area contributed by atoms with E-state index < -0.39 is 6.10 Å². The topological polar surface area (TPSA) is 32.7 Å². The number of hydrogen-bond acceptors (Lipinski definition) is 3. The van der Waals surface area contributed by atoms with E-state index in [2.05, 4.69) is 0 Å². The first kappa shape index (κ1) is 14.9. The normalized spacial score (nSPS) is 12.8. The average Bonchev–Trinajstić information content (AvgIpc) is 2.27. The molecule has 0 bridgehead atoms. The first-order chi connectivity index (χ1) is 8.43. The summed E-state index contributed by atoms with van der Waals surface area (Å²) in [7, 11) is 1.87. The third kappa shape index (κ3) is 3.96. The summed E-state index contributed by atoms with van der Waals surface area (Å²) in [6.45, 7) is 6.75. The molecule has 0 fully saturated rings. The molecule has 0 spiro atoms. The second kappa shape index (κ2) is 6.71. The van der Waals surface area contributed by atoms with Gasteiger partial charge in [0.1, 0.15) is 5.82 Å². The van der Waals surface area contributed by atoms with Gasteiger partial charge in [-0.25, -0.2) is 4.39 Å². The van der Waals surface area contributed by atoms with Gasteiger partial charge in [0.05, 0.1) is 18.8 Å². The minimum Gasteiger partial charge on any atom is -0.389 e. The first-order valence-corrected chi connectivity index (χ1v) is 6.22. The van der Waals surface area contributed by atoms with E-state index in [-0.39, 0.29) is 11.9 Å². The molecule has 0 amide bonds. The van der Waals surface area contributed by atoms with Crippen molar-refractivity contribution in [3.05, 3.63) is 29.6 Å². The second-order valence-corrected chi connectivity index (χ2v) is 4.69. The van der Waals surface area contributed by atoms with Crippen molar-refractivity contribution in [1.29, 1.82) is 0 Å². The van der Waals surface area contributed by atoms with Crippen molar-refractivity contribution < 1.29 is 14.2 Å². The number of aliphatic hydroxyl groups is 1. The number of ether oxygens (including phenoxy) is 1. The van der Waals surface area contributed by atoms with Gasteiger partial charge in [-0.1, -0.05) is 6.07 Å². The lowest BCUT2D eigenvalue weighted by molar-refractivity contribution is 0.0845. The molecule has 18 heavy (non-hydrogen) atoms. The van der Waals surface area contributed by atoms with Gasteiger partial charge in [0.15, 0.2) is 0 Å². The summed E-state index contributed by atoms with van der Waals surface area (Å²) < 4.78 is 19.2. The lowest BCUT2D eigenvalue weighted by atomic mass is 10.1.